The van der Waals surface area contributed by atoms with Gasteiger partial charge in [0.2, 0.25) is 0 Å². The second-order valence-electron chi connectivity index (χ2n) is 4.13. The first-order valence-corrected chi connectivity index (χ1v) is 6.34. The number of Topliss-reactive ketones (excluding diaryl/α,β-unsaturated/α-hetero) is 1. The van der Waals surface area contributed by atoms with Gasteiger partial charge in [-0.15, -0.1) is 0 Å². The fraction of sp³-hybridized carbons (Fsp3) is 0.0714. The minimum Gasteiger partial charge on any atom is -0.354 e. The summed E-state index contributed by atoms with van der Waals surface area (Å²) in [5.41, 5.74) is 2.44. The van der Waals surface area contributed by atoms with Crippen LogP contribution in [-0.4, -0.2) is 5.78 Å². The average Bonchev–Trinajstić information content (AvgIpc) is 2.35. The van der Waals surface area contributed by atoms with E-state index in [1.54, 1.807) is 19.1 Å². The summed E-state index contributed by atoms with van der Waals surface area (Å²) in [6, 6.07) is 10.1. The van der Waals surface area contributed by atoms with E-state index < -0.39 is 0 Å². The average molecular weight is 259 g/mol. The molecule has 0 amide bonds. The molecule has 0 saturated heterocycles. The van der Waals surface area contributed by atoms with Crippen LogP contribution in [0.4, 0.5) is 15.8 Å². The van der Waals surface area contributed by atoms with Crippen molar-refractivity contribution in [1.29, 1.82) is 0 Å². The van der Waals surface area contributed by atoms with Crippen molar-refractivity contribution in [2.75, 3.05) is 5.32 Å². The second kappa shape index (κ2) is 4.14. The zero-order valence-electron chi connectivity index (χ0n) is 9.66. The smallest absolute Gasteiger partial charge is 0.159 e. The zero-order chi connectivity index (χ0) is 12.7. The molecule has 4 heteroatoms. The van der Waals surface area contributed by atoms with Crippen LogP contribution >= 0.6 is 11.8 Å². The Balaban J connectivity index is 2.05. The van der Waals surface area contributed by atoms with Gasteiger partial charge >= 0.3 is 0 Å². The van der Waals surface area contributed by atoms with E-state index in [2.05, 4.69) is 5.32 Å². The highest BCUT2D eigenvalue weighted by Crippen LogP contribution is 2.44. The van der Waals surface area contributed by atoms with Crippen LogP contribution in [0.3, 0.4) is 0 Å². The summed E-state index contributed by atoms with van der Waals surface area (Å²) < 4.78 is 13.2. The quantitative estimate of drug-likeness (QED) is 0.663. The Hall–Kier alpha value is -1.81. The fourth-order valence-corrected chi connectivity index (χ4v) is 2.88. The topological polar surface area (TPSA) is 29.1 Å². The van der Waals surface area contributed by atoms with Crippen LogP contribution in [0.15, 0.2) is 46.2 Å². The lowest BCUT2D eigenvalue weighted by atomic mass is 10.1. The molecule has 1 heterocycles. The Kier molecular flexibility index (Phi) is 2.59. The number of hydrogen-bond donors (Lipinski definition) is 1. The Labute approximate surface area is 108 Å². The number of fused-ring (bicyclic) bond motifs is 2. The summed E-state index contributed by atoms with van der Waals surface area (Å²) in [6.45, 7) is 1.54. The van der Waals surface area contributed by atoms with Gasteiger partial charge in [0, 0.05) is 15.4 Å². The van der Waals surface area contributed by atoms with Gasteiger partial charge in [-0.25, -0.2) is 4.39 Å². The zero-order valence-corrected chi connectivity index (χ0v) is 10.5. The minimum absolute atomic E-state index is 0.0366. The normalized spacial score (nSPS) is 12.3. The number of hydrogen-bond acceptors (Lipinski definition) is 3. The van der Waals surface area contributed by atoms with Gasteiger partial charge in [-0.1, -0.05) is 17.8 Å². The molecule has 0 aromatic heterocycles. The van der Waals surface area contributed by atoms with Gasteiger partial charge in [0.15, 0.2) is 5.78 Å². The molecule has 0 aliphatic carbocycles. The van der Waals surface area contributed by atoms with Crippen molar-refractivity contribution in [1.82, 2.24) is 0 Å². The van der Waals surface area contributed by atoms with E-state index in [0.29, 0.717) is 5.56 Å². The molecule has 1 aliphatic heterocycles. The highest BCUT2D eigenvalue weighted by atomic mass is 32.2. The van der Waals surface area contributed by atoms with Crippen molar-refractivity contribution in [3.8, 4) is 0 Å². The van der Waals surface area contributed by atoms with Crippen LogP contribution in [0.25, 0.3) is 0 Å². The Morgan fingerprint density at radius 1 is 1.11 bits per heavy atom. The summed E-state index contributed by atoms with van der Waals surface area (Å²) in [5, 5.41) is 3.22. The molecule has 0 spiro atoms. The highest BCUT2D eigenvalue weighted by molar-refractivity contribution is 7.99. The maximum Gasteiger partial charge on any atom is 0.159 e. The maximum atomic E-state index is 13.2. The van der Waals surface area contributed by atoms with Gasteiger partial charge < -0.3 is 5.32 Å². The summed E-state index contributed by atoms with van der Waals surface area (Å²) in [6.07, 6.45) is 0. The van der Waals surface area contributed by atoms with E-state index in [1.165, 1.54) is 23.9 Å². The molecule has 90 valence electrons. The lowest BCUT2D eigenvalue weighted by Gasteiger charge is -2.21. The van der Waals surface area contributed by atoms with E-state index in [9.17, 15) is 9.18 Å². The Morgan fingerprint density at radius 3 is 2.72 bits per heavy atom. The van der Waals surface area contributed by atoms with Gasteiger partial charge in [-0.3, -0.25) is 4.79 Å². The summed E-state index contributed by atoms with van der Waals surface area (Å²) in [4.78, 5) is 13.2. The summed E-state index contributed by atoms with van der Waals surface area (Å²) in [5.74, 6) is -0.207. The molecule has 0 bridgehead atoms. The molecule has 0 radical (unpaired) electrons. The molecule has 0 atom stereocenters. The van der Waals surface area contributed by atoms with Gasteiger partial charge in [0.25, 0.3) is 0 Å². The maximum absolute atomic E-state index is 13.2. The molecule has 2 nitrogen and oxygen atoms in total. The fourth-order valence-electron chi connectivity index (χ4n) is 1.88. The van der Waals surface area contributed by atoms with Gasteiger partial charge in [0.05, 0.1) is 11.4 Å². The van der Waals surface area contributed by atoms with Gasteiger partial charge in [-0.05, 0) is 37.3 Å². The van der Waals surface area contributed by atoms with E-state index in [-0.39, 0.29) is 11.6 Å². The van der Waals surface area contributed by atoms with Crippen molar-refractivity contribution in [2.45, 2.75) is 16.7 Å². The van der Waals surface area contributed by atoms with E-state index in [1.807, 2.05) is 12.1 Å². The third kappa shape index (κ3) is 1.88. The van der Waals surface area contributed by atoms with Crippen molar-refractivity contribution >= 4 is 28.9 Å². The minimum atomic E-state index is -0.244. The summed E-state index contributed by atoms with van der Waals surface area (Å²) in [7, 11) is 0. The molecule has 2 aromatic carbocycles. The standard InChI is InChI=1S/C14H10FNOS/c1-8(17)9-2-5-13-12(6-9)16-11-4-3-10(15)7-14(11)18-13/h2-7,16H,1H3. The molecular weight excluding hydrogens is 249 g/mol. The first kappa shape index (κ1) is 11.3. The molecule has 0 fully saturated rings. The van der Waals surface area contributed by atoms with Crippen LogP contribution in [0, 0.1) is 5.82 Å². The largest absolute Gasteiger partial charge is 0.354 e. The van der Waals surface area contributed by atoms with Crippen molar-refractivity contribution in [3.63, 3.8) is 0 Å². The van der Waals surface area contributed by atoms with Gasteiger partial charge in [0.1, 0.15) is 5.82 Å². The highest BCUT2D eigenvalue weighted by Gasteiger charge is 2.17. The molecule has 0 unspecified atom stereocenters. The number of benzene rings is 2. The van der Waals surface area contributed by atoms with Gasteiger partial charge in [-0.2, -0.15) is 0 Å². The lowest BCUT2D eigenvalue weighted by molar-refractivity contribution is 0.101. The van der Waals surface area contributed by atoms with E-state index in [0.717, 1.165) is 21.2 Å². The molecule has 2 aromatic rings. The Morgan fingerprint density at radius 2 is 1.94 bits per heavy atom. The predicted molar refractivity (Wildman–Crippen MR) is 70.3 cm³/mol. The summed E-state index contributed by atoms with van der Waals surface area (Å²) >= 11 is 1.50. The number of rotatable bonds is 1. The molecule has 3 rings (SSSR count). The SMILES string of the molecule is CC(=O)c1ccc2c(c1)Nc1ccc(F)cc1S2. The molecule has 1 aliphatic rings. The molecule has 1 N–H and O–H groups in total. The van der Waals surface area contributed by atoms with Crippen molar-refractivity contribution in [3.05, 3.63) is 47.8 Å². The number of carbonyl (C=O) groups excluding carboxylic acids is 1. The van der Waals surface area contributed by atoms with E-state index >= 15 is 0 Å². The molecular formula is C14H10FNOS. The van der Waals surface area contributed by atoms with Crippen LogP contribution in [0.5, 0.6) is 0 Å². The van der Waals surface area contributed by atoms with Crippen molar-refractivity contribution in [2.24, 2.45) is 0 Å². The second-order valence-corrected chi connectivity index (χ2v) is 5.22. The number of carbonyl (C=O) groups is 1. The number of ketones is 1. The van der Waals surface area contributed by atoms with Crippen LogP contribution in [0.1, 0.15) is 17.3 Å². The third-order valence-electron chi connectivity index (χ3n) is 2.82. The predicted octanol–water partition coefficient (Wildman–Crippen LogP) is 4.24. The number of halogens is 1. The van der Waals surface area contributed by atoms with Crippen LogP contribution < -0.4 is 5.32 Å². The lowest BCUT2D eigenvalue weighted by Crippen LogP contribution is -2.02. The first-order chi connectivity index (χ1) is 8.63. The van der Waals surface area contributed by atoms with Crippen LogP contribution in [-0.2, 0) is 0 Å². The van der Waals surface area contributed by atoms with Crippen LogP contribution in [0.2, 0.25) is 0 Å². The monoisotopic (exact) mass is 259 g/mol. The molecule has 18 heavy (non-hydrogen) atoms. The first-order valence-electron chi connectivity index (χ1n) is 5.53. The number of anilines is 2. The van der Waals surface area contributed by atoms with Crippen molar-refractivity contribution < 1.29 is 9.18 Å². The van der Waals surface area contributed by atoms with E-state index in [4.69, 9.17) is 0 Å². The Bertz CT molecular complexity index is 654. The molecule has 0 saturated carbocycles. The number of nitrogens with one attached hydrogen (secondary N) is 1. The third-order valence-corrected chi connectivity index (χ3v) is 3.95.